The predicted molar refractivity (Wildman–Crippen MR) is 119 cm³/mol. The minimum absolute atomic E-state index is 0.244. The molecule has 1 heterocycles. The van der Waals surface area contributed by atoms with Gasteiger partial charge in [-0.15, -0.1) is 11.8 Å². The van der Waals surface area contributed by atoms with Crippen LogP contribution in [0.25, 0.3) is 5.57 Å². The second-order valence-corrected chi connectivity index (χ2v) is 8.29. The summed E-state index contributed by atoms with van der Waals surface area (Å²) in [5, 5.41) is 11.3. The summed E-state index contributed by atoms with van der Waals surface area (Å²) >= 11 is 7.64. The molecule has 0 fully saturated rings. The fourth-order valence-corrected chi connectivity index (χ4v) is 4.22. The van der Waals surface area contributed by atoms with Crippen LogP contribution in [0, 0.1) is 5.82 Å². The van der Waals surface area contributed by atoms with E-state index in [-0.39, 0.29) is 12.3 Å². The lowest BCUT2D eigenvalue weighted by molar-refractivity contribution is -0.130. The van der Waals surface area contributed by atoms with Crippen LogP contribution in [0.3, 0.4) is 0 Å². The number of benzene rings is 3. The first-order valence-corrected chi connectivity index (χ1v) is 11.0. The highest BCUT2D eigenvalue weighted by atomic mass is 35.5. The normalized spacial score (nSPS) is 16.4. The van der Waals surface area contributed by atoms with E-state index in [0.717, 1.165) is 10.5 Å². The van der Waals surface area contributed by atoms with Crippen molar-refractivity contribution < 1.29 is 14.3 Å². The first-order valence-electron chi connectivity index (χ1n) is 9.37. The van der Waals surface area contributed by atoms with E-state index in [4.69, 9.17) is 11.6 Å². The average Bonchev–Trinajstić information content (AvgIpc) is 3.00. The third-order valence-corrected chi connectivity index (χ3v) is 6.17. The number of thioether (sulfide) groups is 1. The van der Waals surface area contributed by atoms with Crippen molar-refractivity contribution in [1.29, 1.82) is 0 Å². The number of halogens is 2. The van der Waals surface area contributed by atoms with Crippen LogP contribution in [-0.2, 0) is 11.3 Å². The Balaban J connectivity index is 1.80. The molecule has 3 nitrogen and oxygen atoms in total. The molecule has 1 unspecified atom stereocenters. The smallest absolute Gasteiger partial charge is 0.290 e. The summed E-state index contributed by atoms with van der Waals surface area (Å²) in [6.45, 7) is 0.244. The van der Waals surface area contributed by atoms with Crippen LogP contribution >= 0.6 is 23.4 Å². The van der Waals surface area contributed by atoms with E-state index in [1.807, 2.05) is 30.5 Å². The minimum atomic E-state index is -0.750. The Labute approximate surface area is 183 Å². The van der Waals surface area contributed by atoms with E-state index in [1.165, 1.54) is 11.0 Å². The summed E-state index contributed by atoms with van der Waals surface area (Å²) in [6, 6.07) is 20.2. The van der Waals surface area contributed by atoms with Crippen molar-refractivity contribution in [2.24, 2.45) is 0 Å². The fraction of sp³-hybridized carbons (Fsp3) is 0.125. The molecule has 0 saturated heterocycles. The molecule has 0 bridgehead atoms. The van der Waals surface area contributed by atoms with Crippen molar-refractivity contribution >= 4 is 34.8 Å². The average molecular weight is 440 g/mol. The maximum Gasteiger partial charge on any atom is 0.290 e. The minimum Gasteiger partial charge on any atom is -0.503 e. The first-order chi connectivity index (χ1) is 14.5. The molecule has 0 aliphatic carbocycles. The summed E-state index contributed by atoms with van der Waals surface area (Å²) < 4.78 is 14.8. The maximum absolute atomic E-state index is 14.8. The predicted octanol–water partition coefficient (Wildman–Crippen LogP) is 6.25. The molecule has 6 heteroatoms. The molecule has 3 aromatic rings. The lowest BCUT2D eigenvalue weighted by Gasteiger charge is -2.28. The van der Waals surface area contributed by atoms with Gasteiger partial charge in [0.1, 0.15) is 5.82 Å². The molecular formula is C24H19ClFNO2S. The number of hydrogen-bond donors (Lipinski definition) is 1. The zero-order valence-corrected chi connectivity index (χ0v) is 17.8. The summed E-state index contributed by atoms with van der Waals surface area (Å²) in [5.74, 6) is -1.33. The summed E-state index contributed by atoms with van der Waals surface area (Å²) in [4.78, 5) is 15.7. The van der Waals surface area contributed by atoms with Gasteiger partial charge in [0.25, 0.3) is 5.91 Å². The number of hydrogen-bond acceptors (Lipinski definition) is 3. The lowest BCUT2D eigenvalue weighted by Crippen LogP contribution is -2.30. The third kappa shape index (κ3) is 3.83. The highest BCUT2D eigenvalue weighted by molar-refractivity contribution is 7.98. The standard InChI is InChI=1S/C24H19ClFNO2S/c1-30-18-12-6-15(7-13-18)14-27-22(19-4-2-3-5-20(19)26)21(23(28)24(27)29)16-8-10-17(25)11-9-16/h2-13,22,28H,14H2,1H3. The number of aliphatic hydroxyl groups excluding tert-OH is 1. The molecule has 0 spiro atoms. The van der Waals surface area contributed by atoms with Gasteiger partial charge in [0.05, 0.1) is 6.04 Å². The van der Waals surface area contributed by atoms with Crippen LogP contribution < -0.4 is 0 Å². The number of nitrogens with zero attached hydrogens (tertiary/aromatic N) is 1. The van der Waals surface area contributed by atoms with Crippen LogP contribution in [-0.4, -0.2) is 22.2 Å². The van der Waals surface area contributed by atoms with E-state index in [1.54, 1.807) is 54.2 Å². The van der Waals surface area contributed by atoms with Crippen molar-refractivity contribution in [2.45, 2.75) is 17.5 Å². The molecule has 1 amide bonds. The largest absolute Gasteiger partial charge is 0.503 e. The number of carbonyl (C=O) groups is 1. The molecule has 4 rings (SSSR count). The molecule has 30 heavy (non-hydrogen) atoms. The molecule has 0 saturated carbocycles. The van der Waals surface area contributed by atoms with E-state index in [0.29, 0.717) is 21.7 Å². The molecule has 152 valence electrons. The summed E-state index contributed by atoms with van der Waals surface area (Å²) in [5.41, 5.74) is 2.23. The zero-order chi connectivity index (χ0) is 21.3. The van der Waals surface area contributed by atoms with Gasteiger partial charge in [-0.1, -0.05) is 54.1 Å². The van der Waals surface area contributed by atoms with Gasteiger partial charge in [-0.25, -0.2) is 4.39 Å². The topological polar surface area (TPSA) is 40.5 Å². The van der Waals surface area contributed by atoms with E-state index in [2.05, 4.69) is 0 Å². The van der Waals surface area contributed by atoms with Gasteiger partial charge in [-0.05, 0) is 47.7 Å². The van der Waals surface area contributed by atoms with Gasteiger partial charge in [0.2, 0.25) is 0 Å². The van der Waals surface area contributed by atoms with Crippen molar-refractivity contribution in [1.82, 2.24) is 4.90 Å². The van der Waals surface area contributed by atoms with E-state index >= 15 is 0 Å². The Kier molecular flexibility index (Phi) is 5.84. The van der Waals surface area contributed by atoms with Gasteiger partial charge >= 0.3 is 0 Å². The lowest BCUT2D eigenvalue weighted by atomic mass is 9.93. The third-order valence-electron chi connectivity index (χ3n) is 5.17. The first kappa shape index (κ1) is 20.5. The second kappa shape index (κ2) is 8.54. The number of carbonyl (C=O) groups excluding carboxylic acids is 1. The summed E-state index contributed by atoms with van der Waals surface area (Å²) in [7, 11) is 0. The highest BCUT2D eigenvalue weighted by Crippen LogP contribution is 2.44. The Bertz CT molecular complexity index is 1110. The van der Waals surface area contributed by atoms with Gasteiger partial charge in [0, 0.05) is 27.6 Å². The second-order valence-electron chi connectivity index (χ2n) is 6.97. The monoisotopic (exact) mass is 439 g/mol. The molecule has 1 aliphatic heterocycles. The van der Waals surface area contributed by atoms with Crippen molar-refractivity contribution in [3.8, 4) is 0 Å². The van der Waals surface area contributed by atoms with Gasteiger partial charge in [-0.2, -0.15) is 0 Å². The maximum atomic E-state index is 14.8. The summed E-state index contributed by atoms with van der Waals surface area (Å²) in [6.07, 6.45) is 1.99. The molecule has 0 aromatic heterocycles. The number of amides is 1. The van der Waals surface area contributed by atoms with Gasteiger partial charge < -0.3 is 10.0 Å². The molecular weight excluding hydrogens is 421 g/mol. The molecule has 1 aliphatic rings. The SMILES string of the molecule is CSc1ccc(CN2C(=O)C(O)=C(c3ccc(Cl)cc3)C2c2ccccc2F)cc1. The number of rotatable bonds is 5. The Hall–Kier alpha value is -2.76. The Morgan fingerprint density at radius 2 is 1.70 bits per heavy atom. The van der Waals surface area contributed by atoms with Crippen LogP contribution in [0.1, 0.15) is 22.7 Å². The van der Waals surface area contributed by atoms with E-state index < -0.39 is 17.8 Å². The molecule has 1 atom stereocenters. The highest BCUT2D eigenvalue weighted by Gasteiger charge is 2.42. The van der Waals surface area contributed by atoms with Gasteiger partial charge in [-0.3, -0.25) is 4.79 Å². The number of aliphatic hydroxyl groups is 1. The zero-order valence-electron chi connectivity index (χ0n) is 16.2. The van der Waals surface area contributed by atoms with Crippen LogP contribution in [0.5, 0.6) is 0 Å². The Morgan fingerprint density at radius 1 is 1.03 bits per heavy atom. The van der Waals surface area contributed by atoms with Crippen LogP contribution in [0.2, 0.25) is 5.02 Å². The Morgan fingerprint density at radius 3 is 2.33 bits per heavy atom. The fourth-order valence-electron chi connectivity index (χ4n) is 3.69. The molecule has 0 radical (unpaired) electrons. The quantitative estimate of drug-likeness (QED) is 0.477. The van der Waals surface area contributed by atoms with Crippen LogP contribution in [0.15, 0.2) is 83.5 Å². The van der Waals surface area contributed by atoms with E-state index in [9.17, 15) is 14.3 Å². The molecule has 1 N–H and O–H groups in total. The van der Waals surface area contributed by atoms with Crippen molar-refractivity contribution in [2.75, 3.05) is 6.26 Å². The van der Waals surface area contributed by atoms with Crippen molar-refractivity contribution in [3.05, 3.63) is 106 Å². The van der Waals surface area contributed by atoms with Crippen LogP contribution in [0.4, 0.5) is 4.39 Å². The van der Waals surface area contributed by atoms with Gasteiger partial charge in [0.15, 0.2) is 5.76 Å². The molecule has 3 aromatic carbocycles. The van der Waals surface area contributed by atoms with Crippen molar-refractivity contribution in [3.63, 3.8) is 0 Å².